The van der Waals surface area contributed by atoms with Crippen molar-refractivity contribution in [3.63, 3.8) is 0 Å². The SMILES string of the molecule is CN(CC(=O)O)C1CCCN(C(=O)c2cc(Br)ccc2F)CC1. The summed E-state index contributed by atoms with van der Waals surface area (Å²) in [6.07, 6.45) is 2.29. The molecule has 1 N–H and O–H groups in total. The fraction of sp³-hybridized carbons (Fsp3) is 0.500. The van der Waals surface area contributed by atoms with Gasteiger partial charge in [-0.15, -0.1) is 0 Å². The molecule has 1 aromatic carbocycles. The minimum Gasteiger partial charge on any atom is -0.480 e. The van der Waals surface area contributed by atoms with Crippen LogP contribution in [-0.4, -0.2) is 59.5 Å². The molecule has 1 unspecified atom stereocenters. The second kappa shape index (κ2) is 7.88. The van der Waals surface area contributed by atoms with Crippen molar-refractivity contribution < 1.29 is 19.1 Å². The Kier molecular flexibility index (Phi) is 6.12. The third kappa shape index (κ3) is 4.75. The van der Waals surface area contributed by atoms with E-state index in [-0.39, 0.29) is 24.1 Å². The fourth-order valence-electron chi connectivity index (χ4n) is 2.90. The number of carboxylic acid groups (broad SMARTS) is 1. The topological polar surface area (TPSA) is 60.9 Å². The Bertz CT molecular complexity index is 597. The van der Waals surface area contributed by atoms with E-state index in [9.17, 15) is 14.0 Å². The van der Waals surface area contributed by atoms with Gasteiger partial charge in [-0.05, 0) is 44.5 Å². The lowest BCUT2D eigenvalue weighted by atomic mass is 10.1. The maximum atomic E-state index is 13.9. The van der Waals surface area contributed by atoms with Gasteiger partial charge in [0.1, 0.15) is 5.82 Å². The first-order valence-corrected chi connectivity index (χ1v) is 8.34. The van der Waals surface area contributed by atoms with Crippen LogP contribution in [0.3, 0.4) is 0 Å². The van der Waals surface area contributed by atoms with Gasteiger partial charge in [-0.1, -0.05) is 15.9 Å². The standard InChI is InChI=1S/C16H20BrFN2O3/c1-19(10-15(21)22)12-3-2-7-20(8-6-12)16(23)13-9-11(17)4-5-14(13)18/h4-5,9,12H,2-3,6-8,10H2,1H3,(H,21,22). The predicted octanol–water partition coefficient (Wildman–Crippen LogP) is 2.60. The summed E-state index contributed by atoms with van der Waals surface area (Å²) in [5.41, 5.74) is 0.0664. The number of likely N-dealkylation sites (tertiary alicyclic amines) is 1. The van der Waals surface area contributed by atoms with E-state index in [2.05, 4.69) is 15.9 Å². The maximum Gasteiger partial charge on any atom is 0.317 e. The number of carboxylic acids is 1. The van der Waals surface area contributed by atoms with Crippen LogP contribution in [-0.2, 0) is 4.79 Å². The summed E-state index contributed by atoms with van der Waals surface area (Å²) < 4.78 is 14.5. The molecular formula is C16H20BrFN2O3. The number of rotatable bonds is 4. The molecule has 126 valence electrons. The van der Waals surface area contributed by atoms with Crippen LogP contribution in [0.5, 0.6) is 0 Å². The van der Waals surface area contributed by atoms with Crippen LogP contribution in [0.25, 0.3) is 0 Å². The van der Waals surface area contributed by atoms with Gasteiger partial charge < -0.3 is 10.0 Å². The number of hydrogen-bond donors (Lipinski definition) is 1. The zero-order valence-corrected chi connectivity index (χ0v) is 14.6. The van der Waals surface area contributed by atoms with Gasteiger partial charge in [-0.25, -0.2) is 4.39 Å². The molecule has 1 heterocycles. The van der Waals surface area contributed by atoms with Gasteiger partial charge in [-0.3, -0.25) is 14.5 Å². The number of halogens is 2. The summed E-state index contributed by atoms with van der Waals surface area (Å²) in [7, 11) is 1.78. The average Bonchev–Trinajstić information content (AvgIpc) is 2.74. The van der Waals surface area contributed by atoms with Gasteiger partial charge in [0.2, 0.25) is 0 Å². The Morgan fingerprint density at radius 2 is 2.13 bits per heavy atom. The van der Waals surface area contributed by atoms with E-state index in [0.717, 1.165) is 12.8 Å². The number of aliphatic carboxylic acids is 1. The summed E-state index contributed by atoms with van der Waals surface area (Å²) in [6.45, 7) is 1.04. The van der Waals surface area contributed by atoms with E-state index in [0.29, 0.717) is 24.0 Å². The van der Waals surface area contributed by atoms with Crippen LogP contribution < -0.4 is 0 Å². The third-order valence-electron chi connectivity index (χ3n) is 4.15. The normalized spacial score (nSPS) is 18.8. The highest BCUT2D eigenvalue weighted by Gasteiger charge is 2.25. The molecule has 0 bridgehead atoms. The van der Waals surface area contributed by atoms with Gasteiger partial charge in [0, 0.05) is 23.6 Å². The first kappa shape index (κ1) is 17.9. The van der Waals surface area contributed by atoms with Crippen LogP contribution in [0.1, 0.15) is 29.6 Å². The average molecular weight is 387 g/mol. The first-order valence-electron chi connectivity index (χ1n) is 7.55. The van der Waals surface area contributed by atoms with Crippen LogP contribution >= 0.6 is 15.9 Å². The molecule has 0 aromatic heterocycles. The quantitative estimate of drug-likeness (QED) is 0.863. The van der Waals surface area contributed by atoms with Gasteiger partial charge in [0.05, 0.1) is 12.1 Å². The summed E-state index contributed by atoms with van der Waals surface area (Å²) in [6, 6.07) is 4.46. The highest BCUT2D eigenvalue weighted by atomic mass is 79.9. The van der Waals surface area contributed by atoms with E-state index < -0.39 is 11.8 Å². The van der Waals surface area contributed by atoms with E-state index in [1.807, 2.05) is 0 Å². The molecule has 1 amide bonds. The second-order valence-electron chi connectivity index (χ2n) is 5.81. The van der Waals surface area contributed by atoms with Crippen molar-refractivity contribution in [2.24, 2.45) is 0 Å². The molecule has 23 heavy (non-hydrogen) atoms. The zero-order valence-electron chi connectivity index (χ0n) is 13.0. The van der Waals surface area contributed by atoms with E-state index in [1.165, 1.54) is 12.1 Å². The number of likely N-dealkylation sites (N-methyl/N-ethyl adjacent to an activating group) is 1. The number of hydrogen-bond acceptors (Lipinski definition) is 3. The maximum absolute atomic E-state index is 13.9. The second-order valence-corrected chi connectivity index (χ2v) is 6.73. The molecule has 1 fully saturated rings. The van der Waals surface area contributed by atoms with Crippen molar-refractivity contribution in [1.82, 2.24) is 9.80 Å². The van der Waals surface area contributed by atoms with Crippen LogP contribution in [0, 0.1) is 5.82 Å². The van der Waals surface area contributed by atoms with Crippen molar-refractivity contribution in [1.29, 1.82) is 0 Å². The molecule has 1 atom stereocenters. The number of benzene rings is 1. The Morgan fingerprint density at radius 1 is 1.39 bits per heavy atom. The molecule has 5 nitrogen and oxygen atoms in total. The molecule has 1 aliphatic rings. The number of carbonyl (C=O) groups is 2. The molecular weight excluding hydrogens is 367 g/mol. The minimum atomic E-state index is -0.860. The lowest BCUT2D eigenvalue weighted by molar-refractivity contribution is -0.138. The molecule has 1 saturated heterocycles. The lowest BCUT2D eigenvalue weighted by Gasteiger charge is -2.25. The van der Waals surface area contributed by atoms with Crippen molar-refractivity contribution >= 4 is 27.8 Å². The summed E-state index contributed by atoms with van der Waals surface area (Å²) >= 11 is 3.26. The fourth-order valence-corrected chi connectivity index (χ4v) is 3.26. The molecule has 1 aliphatic heterocycles. The highest BCUT2D eigenvalue weighted by molar-refractivity contribution is 9.10. The molecule has 7 heteroatoms. The predicted molar refractivity (Wildman–Crippen MR) is 87.9 cm³/mol. The Morgan fingerprint density at radius 3 is 2.83 bits per heavy atom. The molecule has 0 radical (unpaired) electrons. The summed E-state index contributed by atoms with van der Waals surface area (Å²) in [4.78, 5) is 26.8. The largest absolute Gasteiger partial charge is 0.480 e. The number of carbonyl (C=O) groups excluding carboxylic acids is 1. The van der Waals surface area contributed by atoms with Crippen molar-refractivity contribution in [2.75, 3.05) is 26.7 Å². The van der Waals surface area contributed by atoms with E-state index in [4.69, 9.17) is 5.11 Å². The van der Waals surface area contributed by atoms with Gasteiger partial charge >= 0.3 is 5.97 Å². The summed E-state index contributed by atoms with van der Waals surface area (Å²) in [5, 5.41) is 8.88. The van der Waals surface area contributed by atoms with Gasteiger partial charge in [0.15, 0.2) is 0 Å². The van der Waals surface area contributed by atoms with E-state index >= 15 is 0 Å². The Hall–Kier alpha value is -1.47. The smallest absolute Gasteiger partial charge is 0.317 e. The molecule has 1 aromatic rings. The van der Waals surface area contributed by atoms with Crippen LogP contribution in [0.2, 0.25) is 0 Å². The van der Waals surface area contributed by atoms with Gasteiger partial charge in [-0.2, -0.15) is 0 Å². The molecule has 2 rings (SSSR count). The van der Waals surface area contributed by atoms with Crippen molar-refractivity contribution in [3.8, 4) is 0 Å². The van der Waals surface area contributed by atoms with E-state index in [1.54, 1.807) is 22.9 Å². The Labute approximate surface area is 143 Å². The number of nitrogens with zero attached hydrogens (tertiary/aromatic N) is 2. The number of amides is 1. The minimum absolute atomic E-state index is 0.0150. The van der Waals surface area contributed by atoms with Crippen molar-refractivity contribution in [2.45, 2.75) is 25.3 Å². The summed E-state index contributed by atoms with van der Waals surface area (Å²) in [5.74, 6) is -1.70. The molecule has 0 spiro atoms. The van der Waals surface area contributed by atoms with Crippen LogP contribution in [0.15, 0.2) is 22.7 Å². The third-order valence-corrected chi connectivity index (χ3v) is 4.64. The molecule has 0 aliphatic carbocycles. The molecule has 0 saturated carbocycles. The zero-order chi connectivity index (χ0) is 17.0. The first-order chi connectivity index (χ1) is 10.9. The van der Waals surface area contributed by atoms with Crippen LogP contribution in [0.4, 0.5) is 4.39 Å². The lowest BCUT2D eigenvalue weighted by Crippen LogP contribution is -2.37. The van der Waals surface area contributed by atoms with Crippen molar-refractivity contribution in [3.05, 3.63) is 34.1 Å². The monoisotopic (exact) mass is 386 g/mol. The highest BCUT2D eigenvalue weighted by Crippen LogP contribution is 2.21. The Balaban J connectivity index is 2.04. The van der Waals surface area contributed by atoms with Gasteiger partial charge in [0.25, 0.3) is 5.91 Å².